The van der Waals surface area contributed by atoms with Crippen molar-refractivity contribution in [3.63, 3.8) is 0 Å². The van der Waals surface area contributed by atoms with Crippen molar-refractivity contribution in [3.8, 4) is 11.1 Å². The van der Waals surface area contributed by atoms with E-state index < -0.39 is 5.82 Å². The van der Waals surface area contributed by atoms with Gasteiger partial charge in [0.05, 0.1) is 12.4 Å². The molecule has 28 heavy (non-hydrogen) atoms. The Labute approximate surface area is 164 Å². The molecule has 2 atom stereocenters. The zero-order valence-electron chi connectivity index (χ0n) is 16.5. The Morgan fingerprint density at radius 2 is 2.14 bits per heavy atom. The number of aryl methyl sites for hydroxylation is 1. The van der Waals surface area contributed by atoms with Crippen molar-refractivity contribution in [1.82, 2.24) is 14.8 Å². The van der Waals surface area contributed by atoms with Crippen LogP contribution < -0.4 is 11.1 Å². The smallest absolute Gasteiger partial charge is 0.228 e. The molecule has 2 aromatic heterocycles. The Morgan fingerprint density at radius 1 is 1.32 bits per heavy atom. The third-order valence-corrected chi connectivity index (χ3v) is 6.08. The molecule has 0 spiro atoms. The summed E-state index contributed by atoms with van der Waals surface area (Å²) in [5.41, 5.74) is 8.41. The fraction of sp³-hybridized carbons (Fsp3) is 0.571. The molecule has 7 heteroatoms. The van der Waals surface area contributed by atoms with Gasteiger partial charge < -0.3 is 11.1 Å². The first-order valence-corrected chi connectivity index (χ1v) is 10.1. The van der Waals surface area contributed by atoms with Gasteiger partial charge in [0.1, 0.15) is 11.6 Å². The Kier molecular flexibility index (Phi) is 4.95. The normalized spacial score (nSPS) is 23.9. The highest BCUT2D eigenvalue weighted by Gasteiger charge is 2.30. The van der Waals surface area contributed by atoms with Crippen LogP contribution in [0.2, 0.25) is 0 Å². The molecule has 2 aliphatic rings. The molecule has 1 fully saturated rings. The first kappa shape index (κ1) is 19.1. The Hall–Kier alpha value is -2.28. The average molecular weight is 385 g/mol. The van der Waals surface area contributed by atoms with Crippen LogP contribution in [-0.2, 0) is 17.8 Å². The second-order valence-corrected chi connectivity index (χ2v) is 8.98. The molecule has 4 rings (SSSR count). The lowest BCUT2D eigenvalue weighted by atomic mass is 9.81. The van der Waals surface area contributed by atoms with Gasteiger partial charge in [0.15, 0.2) is 0 Å². The van der Waals surface area contributed by atoms with E-state index in [0.29, 0.717) is 17.8 Å². The largest absolute Gasteiger partial charge is 0.328 e. The molecular weight excluding hydrogens is 357 g/mol. The van der Waals surface area contributed by atoms with Crippen LogP contribution in [0.15, 0.2) is 18.5 Å². The Morgan fingerprint density at radius 3 is 2.93 bits per heavy atom. The zero-order chi connectivity index (χ0) is 19.9. The van der Waals surface area contributed by atoms with Crippen LogP contribution in [0.5, 0.6) is 0 Å². The lowest BCUT2D eigenvalue weighted by Crippen LogP contribution is -2.34. The highest BCUT2D eigenvalue weighted by atomic mass is 19.1. The third-order valence-electron chi connectivity index (χ3n) is 6.08. The number of fused-ring (bicyclic) bond motifs is 1. The number of anilines is 1. The monoisotopic (exact) mass is 385 g/mol. The number of amides is 1. The number of carbonyl (C=O) groups excluding carboxylic acids is 1. The SMILES string of the molecule is CC1(C)CCn2ncc(-c3cc(NC(=O)[C@H]4CCC[C@@H](N)C4)ncc3F)c2C1. The van der Waals surface area contributed by atoms with Crippen LogP contribution in [-0.4, -0.2) is 26.7 Å². The van der Waals surface area contributed by atoms with Crippen LogP contribution in [0.4, 0.5) is 10.2 Å². The maximum absolute atomic E-state index is 14.6. The van der Waals surface area contributed by atoms with Gasteiger partial charge in [-0.2, -0.15) is 5.10 Å². The van der Waals surface area contributed by atoms with E-state index in [1.165, 1.54) is 6.20 Å². The molecular formula is C21H28FN5O. The van der Waals surface area contributed by atoms with E-state index in [1.807, 2.05) is 4.68 Å². The molecule has 1 aliphatic carbocycles. The minimum absolute atomic E-state index is 0.0727. The van der Waals surface area contributed by atoms with Gasteiger partial charge in [0.2, 0.25) is 5.91 Å². The van der Waals surface area contributed by atoms with E-state index in [2.05, 4.69) is 29.2 Å². The van der Waals surface area contributed by atoms with E-state index >= 15 is 0 Å². The van der Waals surface area contributed by atoms with Crippen LogP contribution in [0.25, 0.3) is 11.1 Å². The van der Waals surface area contributed by atoms with E-state index in [-0.39, 0.29) is 23.3 Å². The summed E-state index contributed by atoms with van der Waals surface area (Å²) in [4.78, 5) is 16.7. The average Bonchev–Trinajstić information content (AvgIpc) is 3.05. The summed E-state index contributed by atoms with van der Waals surface area (Å²) in [5, 5.41) is 7.30. The van der Waals surface area contributed by atoms with Crippen molar-refractivity contribution >= 4 is 11.7 Å². The van der Waals surface area contributed by atoms with Crippen molar-refractivity contribution in [2.75, 3.05) is 5.32 Å². The molecule has 3 heterocycles. The maximum atomic E-state index is 14.6. The zero-order valence-corrected chi connectivity index (χ0v) is 16.5. The van der Waals surface area contributed by atoms with Gasteiger partial charge in [-0.1, -0.05) is 20.3 Å². The molecule has 3 N–H and O–H groups in total. The Bertz CT molecular complexity index is 891. The second-order valence-electron chi connectivity index (χ2n) is 8.98. The van der Waals surface area contributed by atoms with Gasteiger partial charge in [0.25, 0.3) is 0 Å². The molecule has 6 nitrogen and oxygen atoms in total. The number of carbonyl (C=O) groups is 1. The van der Waals surface area contributed by atoms with Crippen molar-refractivity contribution in [2.24, 2.45) is 17.1 Å². The number of hydrogen-bond acceptors (Lipinski definition) is 4. The van der Waals surface area contributed by atoms with Crippen LogP contribution in [0.3, 0.4) is 0 Å². The van der Waals surface area contributed by atoms with Gasteiger partial charge in [-0.05, 0) is 43.6 Å². The number of hydrogen-bond donors (Lipinski definition) is 2. The molecule has 0 unspecified atom stereocenters. The number of halogens is 1. The first-order valence-electron chi connectivity index (χ1n) is 10.1. The molecule has 2 aromatic rings. The van der Waals surface area contributed by atoms with Gasteiger partial charge in [-0.15, -0.1) is 0 Å². The molecule has 1 aliphatic heterocycles. The van der Waals surface area contributed by atoms with E-state index in [0.717, 1.165) is 49.9 Å². The molecule has 1 saturated carbocycles. The fourth-order valence-corrected chi connectivity index (χ4v) is 4.37. The third kappa shape index (κ3) is 3.81. The summed E-state index contributed by atoms with van der Waals surface area (Å²) in [7, 11) is 0. The molecule has 0 bridgehead atoms. The topological polar surface area (TPSA) is 85.8 Å². The van der Waals surface area contributed by atoms with Gasteiger partial charge in [-0.25, -0.2) is 9.37 Å². The molecule has 0 aromatic carbocycles. The fourth-order valence-electron chi connectivity index (χ4n) is 4.37. The van der Waals surface area contributed by atoms with Crippen molar-refractivity contribution in [3.05, 3.63) is 30.0 Å². The number of nitrogens with zero attached hydrogens (tertiary/aromatic N) is 3. The number of aromatic nitrogens is 3. The molecule has 0 saturated heterocycles. The van der Waals surface area contributed by atoms with Crippen molar-refractivity contribution in [1.29, 1.82) is 0 Å². The van der Waals surface area contributed by atoms with Crippen molar-refractivity contribution < 1.29 is 9.18 Å². The molecule has 0 radical (unpaired) electrons. The number of nitrogens with one attached hydrogen (secondary N) is 1. The molecule has 1 amide bonds. The van der Waals surface area contributed by atoms with Gasteiger partial charge in [-0.3, -0.25) is 9.48 Å². The molecule has 150 valence electrons. The summed E-state index contributed by atoms with van der Waals surface area (Å²) in [6.07, 6.45) is 8.23. The maximum Gasteiger partial charge on any atom is 0.228 e. The van der Waals surface area contributed by atoms with Gasteiger partial charge in [0, 0.05) is 35.3 Å². The van der Waals surface area contributed by atoms with E-state index in [1.54, 1.807) is 12.3 Å². The van der Waals surface area contributed by atoms with E-state index in [9.17, 15) is 9.18 Å². The number of pyridine rings is 1. The second kappa shape index (κ2) is 7.28. The quantitative estimate of drug-likeness (QED) is 0.847. The van der Waals surface area contributed by atoms with Crippen LogP contribution in [0.1, 0.15) is 51.6 Å². The Balaban J connectivity index is 1.59. The van der Waals surface area contributed by atoms with E-state index in [4.69, 9.17) is 5.73 Å². The summed E-state index contributed by atoms with van der Waals surface area (Å²) >= 11 is 0. The predicted molar refractivity (Wildman–Crippen MR) is 106 cm³/mol. The highest BCUT2D eigenvalue weighted by Crippen LogP contribution is 2.37. The minimum Gasteiger partial charge on any atom is -0.328 e. The summed E-state index contributed by atoms with van der Waals surface area (Å²) in [5.74, 6) is -0.227. The predicted octanol–water partition coefficient (Wildman–Crippen LogP) is 3.51. The lowest BCUT2D eigenvalue weighted by molar-refractivity contribution is -0.120. The highest BCUT2D eigenvalue weighted by molar-refractivity contribution is 5.92. The van der Waals surface area contributed by atoms with Crippen LogP contribution >= 0.6 is 0 Å². The lowest BCUT2D eigenvalue weighted by Gasteiger charge is -2.30. The number of nitrogens with two attached hydrogens (primary N) is 1. The van der Waals surface area contributed by atoms with Crippen molar-refractivity contribution in [2.45, 2.75) is 65.0 Å². The standard InChI is InChI=1S/C21H28FN5O/c1-21(2)6-7-27-18(10-21)16(11-25-27)15-9-19(24-12-17(15)22)26-20(28)13-4-3-5-14(23)8-13/h9,11-14H,3-8,10,23H2,1-2H3,(H,24,26,28)/t13-,14+/m0/s1. The first-order chi connectivity index (χ1) is 13.3. The summed E-state index contributed by atoms with van der Waals surface area (Å²) in [6.45, 7) is 5.27. The minimum atomic E-state index is -0.406. The summed E-state index contributed by atoms with van der Waals surface area (Å²) < 4.78 is 16.6. The van der Waals surface area contributed by atoms with Gasteiger partial charge >= 0.3 is 0 Å². The van der Waals surface area contributed by atoms with Crippen LogP contribution in [0, 0.1) is 17.2 Å². The number of rotatable bonds is 3. The summed E-state index contributed by atoms with van der Waals surface area (Å²) in [6, 6.07) is 1.69.